The van der Waals surface area contributed by atoms with Crippen molar-refractivity contribution in [2.24, 2.45) is 0 Å². The van der Waals surface area contributed by atoms with Crippen molar-refractivity contribution in [1.29, 1.82) is 0 Å². The van der Waals surface area contributed by atoms with Crippen molar-refractivity contribution in [1.82, 2.24) is 14.7 Å². The van der Waals surface area contributed by atoms with Gasteiger partial charge in [-0.05, 0) is 42.0 Å². The van der Waals surface area contributed by atoms with Crippen LogP contribution in [0.2, 0.25) is 0 Å². The summed E-state index contributed by atoms with van der Waals surface area (Å²) in [7, 11) is 3.13. The fraction of sp³-hybridized carbons (Fsp3) is 0.136. The Labute approximate surface area is 166 Å². The lowest BCUT2D eigenvalue weighted by Crippen LogP contribution is -2.24. The lowest BCUT2D eigenvalue weighted by molar-refractivity contribution is 0.0950. The molecule has 29 heavy (non-hydrogen) atoms. The van der Waals surface area contributed by atoms with E-state index in [9.17, 15) is 9.59 Å². The second-order valence-corrected chi connectivity index (χ2v) is 6.45. The molecule has 1 N–H and O–H groups in total. The molecule has 4 aromatic rings. The molecule has 7 heteroatoms. The molecule has 0 fully saturated rings. The zero-order valence-electron chi connectivity index (χ0n) is 16.0. The molecule has 0 spiro atoms. The Kier molecular flexibility index (Phi) is 4.87. The zero-order valence-corrected chi connectivity index (χ0v) is 16.0. The summed E-state index contributed by atoms with van der Waals surface area (Å²) in [4.78, 5) is 29.8. The minimum absolute atomic E-state index is 0.208. The first-order valence-corrected chi connectivity index (χ1v) is 9.01. The fourth-order valence-corrected chi connectivity index (χ4v) is 3.16. The molecule has 146 valence electrons. The van der Waals surface area contributed by atoms with Crippen LogP contribution in [0.4, 0.5) is 0 Å². The maximum absolute atomic E-state index is 12.7. The maximum Gasteiger partial charge on any atom is 0.265 e. The van der Waals surface area contributed by atoms with Crippen molar-refractivity contribution in [3.8, 4) is 11.5 Å². The second-order valence-electron chi connectivity index (χ2n) is 6.45. The van der Waals surface area contributed by atoms with Crippen LogP contribution in [0.15, 0.2) is 65.6 Å². The van der Waals surface area contributed by atoms with Crippen LogP contribution in [0.5, 0.6) is 11.5 Å². The molecule has 0 aliphatic carbocycles. The Hall–Kier alpha value is -3.87. The van der Waals surface area contributed by atoms with Gasteiger partial charge in [-0.25, -0.2) is 4.98 Å². The predicted molar refractivity (Wildman–Crippen MR) is 110 cm³/mol. The first-order valence-electron chi connectivity index (χ1n) is 9.01. The Morgan fingerprint density at radius 1 is 1.03 bits per heavy atom. The van der Waals surface area contributed by atoms with Gasteiger partial charge in [-0.1, -0.05) is 18.2 Å². The number of nitrogens with one attached hydrogen (secondary N) is 1. The van der Waals surface area contributed by atoms with E-state index in [1.54, 1.807) is 56.7 Å². The van der Waals surface area contributed by atoms with Gasteiger partial charge in [0.2, 0.25) is 0 Å². The molecule has 2 aromatic carbocycles. The predicted octanol–water partition coefficient (Wildman–Crippen LogP) is 2.79. The lowest BCUT2D eigenvalue weighted by atomic mass is 10.2. The van der Waals surface area contributed by atoms with Crippen molar-refractivity contribution >= 4 is 22.5 Å². The molecule has 0 bridgehead atoms. The first kappa shape index (κ1) is 18.5. The quantitative estimate of drug-likeness (QED) is 0.531. The smallest absolute Gasteiger partial charge is 0.265 e. The van der Waals surface area contributed by atoms with Crippen molar-refractivity contribution in [3.63, 3.8) is 0 Å². The number of methoxy groups -OCH3 is 2. The topological polar surface area (TPSA) is 81.9 Å². The van der Waals surface area contributed by atoms with Crippen molar-refractivity contribution in [2.45, 2.75) is 6.54 Å². The van der Waals surface area contributed by atoms with E-state index < -0.39 is 0 Å². The van der Waals surface area contributed by atoms with Gasteiger partial charge in [-0.3, -0.25) is 14.0 Å². The van der Waals surface area contributed by atoms with Gasteiger partial charge in [0.15, 0.2) is 11.5 Å². The van der Waals surface area contributed by atoms with E-state index in [4.69, 9.17) is 9.47 Å². The van der Waals surface area contributed by atoms with Crippen LogP contribution >= 0.6 is 0 Å². The molecule has 0 aliphatic rings. The van der Waals surface area contributed by atoms with Crippen LogP contribution in [-0.4, -0.2) is 29.5 Å². The van der Waals surface area contributed by atoms with Gasteiger partial charge in [0.1, 0.15) is 5.65 Å². The van der Waals surface area contributed by atoms with E-state index in [-0.39, 0.29) is 11.5 Å². The average molecular weight is 389 g/mol. The van der Waals surface area contributed by atoms with E-state index in [1.807, 2.05) is 12.1 Å². The third kappa shape index (κ3) is 3.50. The normalized spacial score (nSPS) is 10.8. The minimum atomic E-state index is -0.290. The highest BCUT2D eigenvalue weighted by Crippen LogP contribution is 2.27. The Morgan fingerprint density at radius 3 is 2.62 bits per heavy atom. The van der Waals surface area contributed by atoms with Gasteiger partial charge in [0, 0.05) is 12.7 Å². The summed E-state index contributed by atoms with van der Waals surface area (Å²) in [5.41, 5.74) is 2.15. The molecule has 7 nitrogen and oxygen atoms in total. The molecule has 0 saturated heterocycles. The summed E-state index contributed by atoms with van der Waals surface area (Å²) in [6, 6.07) is 15.9. The van der Waals surface area contributed by atoms with Crippen molar-refractivity contribution < 1.29 is 14.3 Å². The van der Waals surface area contributed by atoms with Crippen LogP contribution in [0, 0.1) is 0 Å². The number of nitrogens with zero attached hydrogens (tertiary/aromatic N) is 2. The monoisotopic (exact) mass is 389 g/mol. The third-order valence-corrected chi connectivity index (χ3v) is 4.68. The van der Waals surface area contributed by atoms with E-state index in [0.29, 0.717) is 40.2 Å². The molecule has 2 aromatic heterocycles. The number of para-hydroxylation sites is 1. The number of carbonyl (C=O) groups excluding carboxylic acids is 1. The van der Waals surface area contributed by atoms with Gasteiger partial charge in [0.25, 0.3) is 11.5 Å². The molecule has 4 rings (SSSR count). The van der Waals surface area contributed by atoms with E-state index in [2.05, 4.69) is 10.3 Å². The van der Waals surface area contributed by atoms with E-state index >= 15 is 0 Å². The van der Waals surface area contributed by atoms with Crippen LogP contribution in [0.1, 0.15) is 15.9 Å². The highest BCUT2D eigenvalue weighted by Gasteiger charge is 2.11. The molecule has 0 radical (unpaired) electrons. The van der Waals surface area contributed by atoms with E-state index in [0.717, 1.165) is 5.56 Å². The number of fused-ring (bicyclic) bond motifs is 2. The summed E-state index contributed by atoms with van der Waals surface area (Å²) in [6.07, 6.45) is 1.51. The molecule has 1 amide bonds. The van der Waals surface area contributed by atoms with Gasteiger partial charge < -0.3 is 14.8 Å². The van der Waals surface area contributed by atoms with Gasteiger partial charge in [-0.15, -0.1) is 0 Å². The SMILES string of the molecule is COc1ccc(CNC(=O)c2ccc3nc4ccccc4c(=O)n3c2)cc1OC. The zero-order chi connectivity index (χ0) is 20.4. The molecule has 2 heterocycles. The van der Waals surface area contributed by atoms with Gasteiger partial charge >= 0.3 is 0 Å². The average Bonchev–Trinajstić information content (AvgIpc) is 2.77. The Balaban J connectivity index is 1.59. The molecular formula is C22H19N3O4. The molecule has 0 aliphatic heterocycles. The minimum Gasteiger partial charge on any atom is -0.493 e. The Morgan fingerprint density at radius 2 is 1.83 bits per heavy atom. The summed E-state index contributed by atoms with van der Waals surface area (Å²) in [5.74, 6) is 0.924. The number of aromatic nitrogens is 2. The fourth-order valence-electron chi connectivity index (χ4n) is 3.16. The highest BCUT2D eigenvalue weighted by molar-refractivity contribution is 5.94. The number of hydrogen-bond acceptors (Lipinski definition) is 5. The second kappa shape index (κ2) is 7.63. The number of amides is 1. The van der Waals surface area contributed by atoms with Crippen LogP contribution < -0.4 is 20.3 Å². The molecule has 0 unspecified atom stereocenters. The third-order valence-electron chi connectivity index (χ3n) is 4.68. The number of hydrogen-bond donors (Lipinski definition) is 1. The molecule has 0 saturated carbocycles. The summed E-state index contributed by atoms with van der Waals surface area (Å²) >= 11 is 0. The largest absolute Gasteiger partial charge is 0.493 e. The summed E-state index contributed by atoms with van der Waals surface area (Å²) < 4.78 is 11.9. The maximum atomic E-state index is 12.7. The summed E-state index contributed by atoms with van der Waals surface area (Å²) in [5, 5.41) is 3.36. The molecular weight excluding hydrogens is 370 g/mol. The van der Waals surface area contributed by atoms with Crippen molar-refractivity contribution in [2.75, 3.05) is 14.2 Å². The number of rotatable bonds is 5. The van der Waals surface area contributed by atoms with Crippen LogP contribution in [-0.2, 0) is 6.54 Å². The Bertz CT molecular complexity index is 1280. The standard InChI is InChI=1S/C22H19N3O4/c1-28-18-9-7-14(11-19(18)29-2)12-23-21(26)15-8-10-20-24-17-6-4-3-5-16(17)22(27)25(20)13-15/h3-11,13H,12H2,1-2H3,(H,23,26). The van der Waals surface area contributed by atoms with E-state index in [1.165, 1.54) is 10.6 Å². The van der Waals surface area contributed by atoms with Crippen molar-refractivity contribution in [3.05, 3.63) is 82.3 Å². The lowest BCUT2D eigenvalue weighted by Gasteiger charge is -2.11. The van der Waals surface area contributed by atoms with Crippen LogP contribution in [0.3, 0.4) is 0 Å². The summed E-state index contributed by atoms with van der Waals surface area (Å²) in [6.45, 7) is 0.308. The number of ether oxygens (including phenoxy) is 2. The van der Waals surface area contributed by atoms with Gasteiger partial charge in [0.05, 0.1) is 30.7 Å². The number of benzene rings is 2. The molecule has 0 atom stereocenters. The van der Waals surface area contributed by atoms with Gasteiger partial charge in [-0.2, -0.15) is 0 Å². The van der Waals surface area contributed by atoms with Crippen LogP contribution in [0.25, 0.3) is 16.6 Å². The number of carbonyl (C=O) groups is 1. The first-order chi connectivity index (χ1) is 14.1. The highest BCUT2D eigenvalue weighted by atomic mass is 16.5. The number of pyridine rings is 1.